The SMILES string of the molecule is COc1cc(C(=O)N[C@H]2C[C@@H](C(=O)N3CCN(c4ccccc4C#N)CC3)N(Cc3ccccc3)C2)cc(OC)c1OC. The Morgan fingerprint density at radius 1 is 0.907 bits per heavy atom. The molecule has 2 aliphatic rings. The number of amides is 2. The zero-order valence-electron chi connectivity index (χ0n) is 24.8. The molecule has 2 heterocycles. The summed E-state index contributed by atoms with van der Waals surface area (Å²) in [6.07, 6.45) is 0.499. The van der Waals surface area contributed by atoms with E-state index in [1.807, 2.05) is 47.4 Å². The van der Waals surface area contributed by atoms with E-state index in [-0.39, 0.29) is 23.9 Å². The zero-order valence-corrected chi connectivity index (χ0v) is 24.8. The van der Waals surface area contributed by atoms with Gasteiger partial charge in [0.2, 0.25) is 11.7 Å². The molecule has 2 saturated heterocycles. The quantitative estimate of drug-likeness (QED) is 0.409. The normalized spacial score (nSPS) is 18.6. The molecule has 0 radical (unpaired) electrons. The minimum atomic E-state index is -0.372. The van der Waals surface area contributed by atoms with Crippen LogP contribution in [0, 0.1) is 11.3 Å². The van der Waals surface area contributed by atoms with Crippen LogP contribution in [-0.2, 0) is 11.3 Å². The molecular weight excluding hydrogens is 546 g/mol. The van der Waals surface area contributed by atoms with Gasteiger partial charge in [-0.25, -0.2) is 0 Å². The van der Waals surface area contributed by atoms with Crippen LogP contribution in [0.5, 0.6) is 17.2 Å². The molecule has 3 aromatic carbocycles. The molecule has 0 saturated carbocycles. The van der Waals surface area contributed by atoms with Crippen molar-refractivity contribution in [3.63, 3.8) is 0 Å². The van der Waals surface area contributed by atoms with Crippen molar-refractivity contribution < 1.29 is 23.8 Å². The highest BCUT2D eigenvalue weighted by Gasteiger charge is 2.40. The number of hydrogen-bond donors (Lipinski definition) is 1. The zero-order chi connectivity index (χ0) is 30.3. The molecule has 1 N–H and O–H groups in total. The lowest BCUT2D eigenvalue weighted by Crippen LogP contribution is -2.53. The van der Waals surface area contributed by atoms with E-state index in [0.29, 0.717) is 74.1 Å². The van der Waals surface area contributed by atoms with Gasteiger partial charge in [-0.1, -0.05) is 42.5 Å². The van der Waals surface area contributed by atoms with E-state index in [2.05, 4.69) is 33.3 Å². The third-order valence-electron chi connectivity index (χ3n) is 8.14. The molecular formula is C33H37N5O5. The number of likely N-dealkylation sites (tertiary alicyclic amines) is 1. The molecule has 2 fully saturated rings. The summed E-state index contributed by atoms with van der Waals surface area (Å²) < 4.78 is 16.2. The summed E-state index contributed by atoms with van der Waals surface area (Å²) in [5.41, 5.74) is 3.03. The molecule has 2 aliphatic heterocycles. The van der Waals surface area contributed by atoms with E-state index < -0.39 is 0 Å². The minimum absolute atomic E-state index is 0.0636. The number of nitrogens with zero attached hydrogens (tertiary/aromatic N) is 4. The number of carbonyl (C=O) groups is 2. The van der Waals surface area contributed by atoms with Crippen molar-refractivity contribution in [3.8, 4) is 23.3 Å². The van der Waals surface area contributed by atoms with Crippen LogP contribution in [0.25, 0.3) is 0 Å². The van der Waals surface area contributed by atoms with Crippen LogP contribution >= 0.6 is 0 Å². The van der Waals surface area contributed by atoms with Gasteiger partial charge in [0.15, 0.2) is 11.5 Å². The number of anilines is 1. The summed E-state index contributed by atoms with van der Waals surface area (Å²) in [5, 5.41) is 12.7. The Balaban J connectivity index is 1.30. The third kappa shape index (κ3) is 6.52. The second-order valence-electron chi connectivity index (χ2n) is 10.7. The summed E-state index contributed by atoms with van der Waals surface area (Å²) in [6, 6.07) is 22.5. The van der Waals surface area contributed by atoms with Crippen LogP contribution < -0.4 is 24.4 Å². The lowest BCUT2D eigenvalue weighted by Gasteiger charge is -2.38. The highest BCUT2D eigenvalue weighted by Crippen LogP contribution is 2.38. The molecule has 10 nitrogen and oxygen atoms in total. The minimum Gasteiger partial charge on any atom is -0.493 e. The maximum absolute atomic E-state index is 14.0. The van der Waals surface area contributed by atoms with E-state index in [1.165, 1.54) is 21.3 Å². The molecule has 10 heteroatoms. The summed E-state index contributed by atoms with van der Waals surface area (Å²) in [6.45, 7) is 3.57. The second-order valence-corrected chi connectivity index (χ2v) is 10.7. The van der Waals surface area contributed by atoms with Gasteiger partial charge in [0.05, 0.1) is 38.6 Å². The van der Waals surface area contributed by atoms with Crippen LogP contribution in [-0.4, -0.2) is 87.8 Å². The van der Waals surface area contributed by atoms with Gasteiger partial charge in [-0.2, -0.15) is 5.26 Å². The Kier molecular flexibility index (Phi) is 9.32. The van der Waals surface area contributed by atoms with Crippen molar-refractivity contribution in [2.45, 2.75) is 25.0 Å². The van der Waals surface area contributed by atoms with Crippen molar-refractivity contribution in [2.75, 3.05) is 59.0 Å². The summed E-state index contributed by atoms with van der Waals surface area (Å²) in [7, 11) is 4.54. The number of ether oxygens (including phenoxy) is 3. The van der Waals surface area contributed by atoms with E-state index in [9.17, 15) is 14.9 Å². The third-order valence-corrected chi connectivity index (χ3v) is 8.14. The van der Waals surface area contributed by atoms with E-state index in [1.54, 1.807) is 12.1 Å². The number of nitrogens with one attached hydrogen (secondary N) is 1. The smallest absolute Gasteiger partial charge is 0.251 e. The fraction of sp³-hybridized carbons (Fsp3) is 0.364. The summed E-state index contributed by atoms with van der Waals surface area (Å²) >= 11 is 0. The van der Waals surface area contributed by atoms with Crippen molar-refractivity contribution in [1.82, 2.24) is 15.1 Å². The first kappa shape index (κ1) is 29.7. The second kappa shape index (κ2) is 13.5. The Hall–Kier alpha value is -4.75. The predicted octanol–water partition coefficient (Wildman–Crippen LogP) is 3.31. The van der Waals surface area contributed by atoms with E-state index in [0.717, 1.165) is 11.3 Å². The molecule has 0 unspecified atom stereocenters. The van der Waals surface area contributed by atoms with Crippen molar-refractivity contribution >= 4 is 17.5 Å². The van der Waals surface area contributed by atoms with Gasteiger partial charge >= 0.3 is 0 Å². The van der Waals surface area contributed by atoms with Crippen molar-refractivity contribution in [2.24, 2.45) is 0 Å². The fourth-order valence-electron chi connectivity index (χ4n) is 5.96. The Labute approximate surface area is 252 Å². The lowest BCUT2D eigenvalue weighted by molar-refractivity contribution is -0.136. The molecule has 0 bridgehead atoms. The molecule has 2 atom stereocenters. The number of piperazine rings is 1. The number of benzene rings is 3. The van der Waals surface area contributed by atoms with Gasteiger partial charge in [0.25, 0.3) is 5.91 Å². The standard InChI is InChI=1S/C33H37N5O5/c1-41-29-17-25(18-30(42-2)31(29)43-3)32(39)35-26-19-28(38(22-26)21-23-9-5-4-6-10-23)33(40)37-15-13-36(14-16-37)27-12-8-7-11-24(27)20-34/h4-12,17-18,26,28H,13-16,19,21-22H2,1-3H3,(H,35,39)/t26-,28-/m0/s1. The van der Waals surface area contributed by atoms with Gasteiger partial charge in [-0.3, -0.25) is 14.5 Å². The Morgan fingerprint density at radius 2 is 1.56 bits per heavy atom. The molecule has 0 aliphatic carbocycles. The predicted molar refractivity (Wildman–Crippen MR) is 163 cm³/mol. The van der Waals surface area contributed by atoms with Crippen molar-refractivity contribution in [1.29, 1.82) is 5.26 Å². The molecule has 2 amide bonds. The van der Waals surface area contributed by atoms with Crippen molar-refractivity contribution in [3.05, 3.63) is 83.4 Å². The summed E-state index contributed by atoms with van der Waals surface area (Å²) in [4.78, 5) is 33.6. The number of hydrogen-bond acceptors (Lipinski definition) is 8. The molecule has 43 heavy (non-hydrogen) atoms. The van der Waals surface area contributed by atoms with Crippen LogP contribution in [0.1, 0.15) is 27.9 Å². The highest BCUT2D eigenvalue weighted by atomic mass is 16.5. The number of para-hydroxylation sites is 1. The number of carbonyl (C=O) groups excluding carboxylic acids is 2. The molecule has 224 valence electrons. The monoisotopic (exact) mass is 583 g/mol. The number of nitriles is 1. The van der Waals surface area contributed by atoms with Crippen LogP contribution in [0.4, 0.5) is 5.69 Å². The van der Waals surface area contributed by atoms with Gasteiger partial charge in [-0.15, -0.1) is 0 Å². The topological polar surface area (TPSA) is 107 Å². The first-order chi connectivity index (χ1) is 20.9. The molecule has 0 aromatic heterocycles. The van der Waals surface area contributed by atoms with E-state index in [4.69, 9.17) is 14.2 Å². The average Bonchev–Trinajstić information content (AvgIpc) is 3.45. The van der Waals surface area contributed by atoms with Gasteiger partial charge in [-0.05, 0) is 36.2 Å². The van der Waals surface area contributed by atoms with Gasteiger partial charge in [0, 0.05) is 50.9 Å². The van der Waals surface area contributed by atoms with Crippen LogP contribution in [0.15, 0.2) is 66.7 Å². The fourth-order valence-corrected chi connectivity index (χ4v) is 5.96. The lowest BCUT2D eigenvalue weighted by atomic mass is 10.1. The van der Waals surface area contributed by atoms with E-state index >= 15 is 0 Å². The first-order valence-electron chi connectivity index (χ1n) is 14.4. The molecule has 3 aromatic rings. The maximum atomic E-state index is 14.0. The maximum Gasteiger partial charge on any atom is 0.251 e. The Morgan fingerprint density at radius 3 is 2.19 bits per heavy atom. The summed E-state index contributed by atoms with van der Waals surface area (Å²) in [5.74, 6) is 0.997. The first-order valence-corrected chi connectivity index (χ1v) is 14.4. The molecule has 5 rings (SSSR count). The highest BCUT2D eigenvalue weighted by molar-refractivity contribution is 5.96. The largest absolute Gasteiger partial charge is 0.493 e. The Bertz CT molecular complexity index is 1460. The number of rotatable bonds is 9. The van der Waals surface area contributed by atoms with Crippen LogP contribution in [0.3, 0.4) is 0 Å². The average molecular weight is 584 g/mol. The van der Waals surface area contributed by atoms with Crippen LogP contribution in [0.2, 0.25) is 0 Å². The number of methoxy groups -OCH3 is 3. The van der Waals surface area contributed by atoms with Gasteiger partial charge < -0.3 is 29.3 Å². The molecule has 0 spiro atoms. The van der Waals surface area contributed by atoms with Gasteiger partial charge in [0.1, 0.15) is 6.07 Å².